The lowest BCUT2D eigenvalue weighted by molar-refractivity contribution is -0.131. The summed E-state index contributed by atoms with van der Waals surface area (Å²) < 4.78 is 2.00. The Balaban J connectivity index is 2.06. The maximum atomic E-state index is 12.2. The highest BCUT2D eigenvalue weighted by molar-refractivity contribution is 5.76. The van der Waals surface area contributed by atoms with Crippen LogP contribution in [0.15, 0.2) is 12.5 Å². The smallest absolute Gasteiger partial charge is 0.242 e. The van der Waals surface area contributed by atoms with Crippen molar-refractivity contribution in [3.05, 3.63) is 18.2 Å². The van der Waals surface area contributed by atoms with Crippen LogP contribution in [0.4, 0.5) is 0 Å². The van der Waals surface area contributed by atoms with Gasteiger partial charge < -0.3 is 14.8 Å². The summed E-state index contributed by atoms with van der Waals surface area (Å²) in [4.78, 5) is 18.3. The molecule has 0 aromatic carbocycles. The number of imidazole rings is 1. The van der Waals surface area contributed by atoms with Crippen LogP contribution < -0.4 is 5.32 Å². The zero-order valence-corrected chi connectivity index (χ0v) is 12.8. The van der Waals surface area contributed by atoms with Crippen LogP contribution in [-0.2, 0) is 11.3 Å². The first-order valence-electron chi connectivity index (χ1n) is 7.69. The van der Waals surface area contributed by atoms with Crippen molar-refractivity contribution < 1.29 is 4.79 Å². The molecule has 1 saturated heterocycles. The van der Waals surface area contributed by atoms with Crippen LogP contribution in [0, 0.1) is 0 Å². The molecule has 1 N–H and O–H groups in total. The van der Waals surface area contributed by atoms with E-state index in [1.807, 2.05) is 29.5 Å². The quantitative estimate of drug-likeness (QED) is 0.895. The van der Waals surface area contributed by atoms with Crippen LogP contribution in [0.25, 0.3) is 0 Å². The molecule has 1 aromatic heterocycles. The second-order valence-electron chi connectivity index (χ2n) is 5.56. The summed E-state index contributed by atoms with van der Waals surface area (Å²) in [6.07, 6.45) is 7.25. The number of hydrogen-bond acceptors (Lipinski definition) is 3. The fraction of sp³-hybridized carbons (Fsp3) is 0.733. The average Bonchev–Trinajstić information content (AvgIpc) is 2.88. The third-order valence-corrected chi connectivity index (χ3v) is 4.14. The van der Waals surface area contributed by atoms with Crippen LogP contribution in [0.1, 0.15) is 51.8 Å². The van der Waals surface area contributed by atoms with Gasteiger partial charge >= 0.3 is 0 Å². The Morgan fingerprint density at radius 1 is 1.45 bits per heavy atom. The maximum absolute atomic E-state index is 12.2. The summed E-state index contributed by atoms with van der Waals surface area (Å²) in [5, 5.41) is 3.60. The number of aromatic nitrogens is 2. The van der Waals surface area contributed by atoms with Crippen molar-refractivity contribution in [3.8, 4) is 0 Å². The Hall–Kier alpha value is -1.36. The van der Waals surface area contributed by atoms with Gasteiger partial charge in [-0.3, -0.25) is 4.79 Å². The van der Waals surface area contributed by atoms with Crippen LogP contribution in [-0.4, -0.2) is 39.5 Å². The molecule has 2 heterocycles. The van der Waals surface area contributed by atoms with Crippen LogP contribution in [0.2, 0.25) is 0 Å². The van der Waals surface area contributed by atoms with Gasteiger partial charge in [0.15, 0.2) is 0 Å². The topological polar surface area (TPSA) is 50.2 Å². The number of likely N-dealkylation sites (N-methyl/N-ethyl adjacent to an activating group) is 1. The number of carbonyl (C=O) groups excluding carboxylic acids is 1. The molecule has 5 heteroatoms. The molecular formula is C15H26N4O. The second-order valence-corrected chi connectivity index (χ2v) is 5.56. The highest BCUT2D eigenvalue weighted by Gasteiger charge is 2.23. The maximum Gasteiger partial charge on any atom is 0.242 e. The normalized spacial score (nSPS) is 22.8. The zero-order valence-electron chi connectivity index (χ0n) is 12.8. The van der Waals surface area contributed by atoms with Gasteiger partial charge in [0.2, 0.25) is 5.91 Å². The van der Waals surface area contributed by atoms with E-state index in [9.17, 15) is 4.79 Å². The van der Waals surface area contributed by atoms with Crippen molar-refractivity contribution >= 4 is 5.91 Å². The van der Waals surface area contributed by atoms with Crippen molar-refractivity contribution in [2.75, 3.05) is 13.1 Å². The van der Waals surface area contributed by atoms with E-state index in [1.165, 1.54) is 12.8 Å². The molecule has 2 atom stereocenters. The van der Waals surface area contributed by atoms with Crippen molar-refractivity contribution in [1.82, 2.24) is 19.8 Å². The van der Waals surface area contributed by atoms with Crippen LogP contribution in [0.5, 0.6) is 0 Å². The Morgan fingerprint density at radius 2 is 2.20 bits per heavy atom. The molecule has 0 radical (unpaired) electrons. The number of nitrogens with zero attached hydrogens (tertiary/aromatic N) is 3. The monoisotopic (exact) mass is 278 g/mol. The average molecular weight is 278 g/mol. The Bertz CT molecular complexity index is 439. The fourth-order valence-electron chi connectivity index (χ4n) is 2.95. The van der Waals surface area contributed by atoms with E-state index in [0.717, 1.165) is 25.2 Å². The number of carbonyl (C=O) groups is 1. The van der Waals surface area contributed by atoms with Gasteiger partial charge in [0.25, 0.3) is 0 Å². The molecule has 5 nitrogen and oxygen atoms in total. The first kappa shape index (κ1) is 15.0. The molecular weight excluding hydrogens is 252 g/mol. The van der Waals surface area contributed by atoms with E-state index in [2.05, 4.69) is 17.2 Å². The third-order valence-electron chi connectivity index (χ3n) is 4.14. The van der Waals surface area contributed by atoms with Gasteiger partial charge in [0.1, 0.15) is 6.54 Å². The van der Waals surface area contributed by atoms with Crippen molar-refractivity contribution in [2.24, 2.45) is 0 Å². The summed E-state index contributed by atoms with van der Waals surface area (Å²) in [6.45, 7) is 8.16. The Kier molecular flexibility index (Phi) is 5.17. The first-order valence-corrected chi connectivity index (χ1v) is 7.69. The van der Waals surface area contributed by atoms with E-state index in [0.29, 0.717) is 18.6 Å². The zero-order chi connectivity index (χ0) is 14.5. The van der Waals surface area contributed by atoms with E-state index >= 15 is 0 Å². The van der Waals surface area contributed by atoms with Crippen LogP contribution in [0.3, 0.4) is 0 Å². The van der Waals surface area contributed by atoms with E-state index < -0.39 is 0 Å². The minimum atomic E-state index is 0.165. The minimum Gasteiger partial charge on any atom is -0.342 e. The van der Waals surface area contributed by atoms with E-state index in [4.69, 9.17) is 0 Å². The van der Waals surface area contributed by atoms with Gasteiger partial charge in [-0.1, -0.05) is 0 Å². The summed E-state index contributed by atoms with van der Waals surface area (Å²) in [5.74, 6) is 0.165. The summed E-state index contributed by atoms with van der Waals surface area (Å²) in [6, 6.07) is 0.862. The lowest BCUT2D eigenvalue weighted by atomic mass is 9.97. The Morgan fingerprint density at radius 3 is 2.85 bits per heavy atom. The molecule has 2 unspecified atom stereocenters. The van der Waals surface area contributed by atoms with Gasteiger partial charge in [-0.25, -0.2) is 4.98 Å². The number of rotatable bonds is 5. The molecule has 0 spiro atoms. The third kappa shape index (κ3) is 3.39. The second kappa shape index (κ2) is 6.88. The number of hydrogen-bond donors (Lipinski definition) is 1. The van der Waals surface area contributed by atoms with Gasteiger partial charge in [0.05, 0.1) is 12.0 Å². The molecule has 1 amide bonds. The lowest BCUT2D eigenvalue weighted by Crippen LogP contribution is -2.37. The van der Waals surface area contributed by atoms with Crippen LogP contribution >= 0.6 is 0 Å². The molecule has 0 bridgehead atoms. The molecule has 0 aliphatic carbocycles. The molecule has 1 aliphatic heterocycles. The van der Waals surface area contributed by atoms with Gasteiger partial charge in [0, 0.05) is 31.4 Å². The summed E-state index contributed by atoms with van der Waals surface area (Å²) >= 11 is 0. The Labute approximate surface area is 121 Å². The highest BCUT2D eigenvalue weighted by atomic mass is 16.2. The van der Waals surface area contributed by atoms with Gasteiger partial charge in [-0.05, 0) is 40.0 Å². The molecule has 2 rings (SSSR count). The largest absolute Gasteiger partial charge is 0.342 e. The predicted octanol–water partition coefficient (Wildman–Crippen LogP) is 1.95. The lowest BCUT2D eigenvalue weighted by Gasteiger charge is -2.29. The predicted molar refractivity (Wildman–Crippen MR) is 79.3 cm³/mol. The summed E-state index contributed by atoms with van der Waals surface area (Å²) in [7, 11) is 0. The van der Waals surface area contributed by atoms with Crippen molar-refractivity contribution in [2.45, 2.75) is 58.7 Å². The number of nitrogens with one attached hydrogen (secondary N) is 1. The fourth-order valence-corrected chi connectivity index (χ4v) is 2.95. The summed E-state index contributed by atoms with van der Waals surface area (Å²) in [5.41, 5.74) is 1.14. The minimum absolute atomic E-state index is 0.165. The molecule has 112 valence electrons. The SMILES string of the molecule is CCN(CC)C(=O)Cn1cncc1C1CCCC(C)N1. The van der Waals surface area contributed by atoms with Crippen molar-refractivity contribution in [1.29, 1.82) is 0 Å². The van der Waals surface area contributed by atoms with Crippen molar-refractivity contribution in [3.63, 3.8) is 0 Å². The van der Waals surface area contributed by atoms with E-state index in [-0.39, 0.29) is 5.91 Å². The number of piperidine rings is 1. The van der Waals surface area contributed by atoms with Gasteiger partial charge in [-0.2, -0.15) is 0 Å². The van der Waals surface area contributed by atoms with Gasteiger partial charge in [-0.15, -0.1) is 0 Å². The first-order chi connectivity index (χ1) is 9.65. The standard InChI is InChI=1S/C15H26N4O/c1-4-18(5-2)15(20)10-19-11-16-9-14(19)13-8-6-7-12(3)17-13/h9,11-13,17H,4-8,10H2,1-3H3. The highest BCUT2D eigenvalue weighted by Crippen LogP contribution is 2.25. The molecule has 1 aromatic rings. The van der Waals surface area contributed by atoms with E-state index in [1.54, 1.807) is 6.33 Å². The molecule has 1 aliphatic rings. The molecule has 20 heavy (non-hydrogen) atoms. The number of amides is 1. The molecule has 0 saturated carbocycles. The molecule has 1 fully saturated rings.